The zero-order valence-electron chi connectivity index (χ0n) is 11.6. The molecule has 4 N–H and O–H groups in total. The van der Waals surface area contributed by atoms with E-state index in [1.165, 1.54) is 0 Å². The van der Waals surface area contributed by atoms with Gasteiger partial charge in [-0.25, -0.2) is 0 Å². The molecule has 1 atom stereocenters. The van der Waals surface area contributed by atoms with Gasteiger partial charge in [0.15, 0.2) is 5.84 Å². The number of hydrogen-bond acceptors (Lipinski definition) is 5. The fraction of sp³-hybridized carbons (Fsp3) is 0.833. The molecule has 1 rings (SSSR count). The summed E-state index contributed by atoms with van der Waals surface area (Å²) in [7, 11) is 0. The first-order valence-corrected chi connectivity index (χ1v) is 6.61. The Bertz CT molecular complexity index is 314. The molecule has 0 aromatic carbocycles. The van der Waals surface area contributed by atoms with E-state index in [9.17, 15) is 4.79 Å². The molecule has 7 heteroatoms. The van der Waals surface area contributed by atoms with Crippen molar-refractivity contribution in [2.75, 3.05) is 39.4 Å². The van der Waals surface area contributed by atoms with Crippen molar-refractivity contribution >= 4 is 11.7 Å². The molecule has 0 spiro atoms. The van der Waals surface area contributed by atoms with Crippen LogP contribution in [0.5, 0.6) is 0 Å². The van der Waals surface area contributed by atoms with Gasteiger partial charge in [0.25, 0.3) is 0 Å². The van der Waals surface area contributed by atoms with Gasteiger partial charge in [0.1, 0.15) is 5.92 Å². The minimum Gasteiger partial charge on any atom is -0.409 e. The Morgan fingerprint density at radius 2 is 2.11 bits per heavy atom. The van der Waals surface area contributed by atoms with Crippen molar-refractivity contribution in [1.29, 1.82) is 0 Å². The normalized spacial score (nSPS) is 19.4. The summed E-state index contributed by atoms with van der Waals surface area (Å²) in [4.78, 5) is 14.2. The average Bonchev–Trinajstić information content (AvgIpc) is 2.39. The molecule has 1 fully saturated rings. The third-order valence-electron chi connectivity index (χ3n) is 3.21. The Morgan fingerprint density at radius 1 is 1.47 bits per heavy atom. The van der Waals surface area contributed by atoms with Gasteiger partial charge < -0.3 is 21.0 Å². The first-order valence-electron chi connectivity index (χ1n) is 6.61. The summed E-state index contributed by atoms with van der Waals surface area (Å²) in [5.74, 6) is -0.841. The van der Waals surface area contributed by atoms with Crippen molar-refractivity contribution in [3.8, 4) is 0 Å². The van der Waals surface area contributed by atoms with Gasteiger partial charge in [-0.05, 0) is 5.92 Å². The second-order valence-corrected chi connectivity index (χ2v) is 4.99. The van der Waals surface area contributed by atoms with Crippen molar-refractivity contribution in [1.82, 2.24) is 10.2 Å². The molecule has 0 aromatic heterocycles. The number of nitrogens with one attached hydrogen (secondary N) is 1. The highest BCUT2D eigenvalue weighted by molar-refractivity contribution is 6.02. The van der Waals surface area contributed by atoms with Crippen LogP contribution in [0.1, 0.15) is 13.8 Å². The van der Waals surface area contributed by atoms with Gasteiger partial charge in [-0.1, -0.05) is 19.0 Å². The monoisotopic (exact) mass is 272 g/mol. The van der Waals surface area contributed by atoms with Crippen LogP contribution in [0.25, 0.3) is 0 Å². The largest absolute Gasteiger partial charge is 0.409 e. The predicted molar refractivity (Wildman–Crippen MR) is 72.0 cm³/mol. The number of amides is 1. The van der Waals surface area contributed by atoms with Crippen LogP contribution in [0, 0.1) is 11.8 Å². The van der Waals surface area contributed by atoms with Crippen LogP contribution in [0.3, 0.4) is 0 Å². The van der Waals surface area contributed by atoms with E-state index < -0.39 is 5.92 Å². The zero-order chi connectivity index (χ0) is 14.3. The summed E-state index contributed by atoms with van der Waals surface area (Å²) in [5, 5.41) is 14.5. The molecule has 1 unspecified atom stereocenters. The summed E-state index contributed by atoms with van der Waals surface area (Å²) < 4.78 is 5.25. The first kappa shape index (κ1) is 15.7. The van der Waals surface area contributed by atoms with E-state index in [1.807, 2.05) is 13.8 Å². The fourth-order valence-electron chi connectivity index (χ4n) is 2.11. The third kappa shape index (κ3) is 5.04. The number of amidine groups is 1. The third-order valence-corrected chi connectivity index (χ3v) is 3.21. The van der Waals surface area contributed by atoms with Crippen LogP contribution < -0.4 is 11.1 Å². The summed E-state index contributed by atoms with van der Waals surface area (Å²) in [6.45, 7) is 8.35. The van der Waals surface area contributed by atoms with E-state index in [2.05, 4.69) is 15.4 Å². The molecule has 1 amide bonds. The van der Waals surface area contributed by atoms with Gasteiger partial charge in [0, 0.05) is 26.2 Å². The number of hydrogen-bond donors (Lipinski definition) is 3. The summed E-state index contributed by atoms with van der Waals surface area (Å²) in [5.41, 5.74) is 5.55. The Balaban J connectivity index is 2.35. The van der Waals surface area contributed by atoms with Gasteiger partial charge in [0.2, 0.25) is 5.91 Å². The lowest BCUT2D eigenvalue weighted by Gasteiger charge is -2.27. The van der Waals surface area contributed by atoms with E-state index in [-0.39, 0.29) is 17.7 Å². The number of morpholine rings is 1. The standard InChI is InChI=1S/C12H24N4O3/c1-9(2)10(11(13)15-18)12(17)14-3-4-16-5-7-19-8-6-16/h9-10,18H,3-8H2,1-2H3,(H2,13,15)(H,14,17). The van der Waals surface area contributed by atoms with Crippen molar-refractivity contribution in [2.45, 2.75) is 13.8 Å². The van der Waals surface area contributed by atoms with E-state index in [0.717, 1.165) is 32.8 Å². The van der Waals surface area contributed by atoms with Crippen molar-refractivity contribution in [3.63, 3.8) is 0 Å². The van der Waals surface area contributed by atoms with Crippen LogP contribution in [0.2, 0.25) is 0 Å². The molecule has 1 aliphatic heterocycles. The average molecular weight is 272 g/mol. The maximum Gasteiger partial charge on any atom is 0.231 e. The molecule has 1 heterocycles. The number of rotatable bonds is 6. The molecular formula is C12H24N4O3. The van der Waals surface area contributed by atoms with Crippen LogP contribution in [-0.4, -0.2) is 61.2 Å². The van der Waals surface area contributed by atoms with Gasteiger partial charge >= 0.3 is 0 Å². The number of oxime groups is 1. The minimum absolute atomic E-state index is 0.0145. The fourth-order valence-corrected chi connectivity index (χ4v) is 2.11. The van der Waals surface area contributed by atoms with Crippen molar-refractivity contribution < 1.29 is 14.7 Å². The zero-order valence-corrected chi connectivity index (χ0v) is 11.6. The SMILES string of the molecule is CC(C)C(C(=O)NCCN1CCOCC1)C(N)=NO. The van der Waals surface area contributed by atoms with Gasteiger partial charge in [-0.15, -0.1) is 0 Å². The van der Waals surface area contributed by atoms with E-state index in [4.69, 9.17) is 15.7 Å². The molecule has 0 aromatic rings. The topological polar surface area (TPSA) is 100 Å². The predicted octanol–water partition coefficient (Wildman–Crippen LogP) is -0.547. The maximum atomic E-state index is 12.0. The Labute approximate surface area is 113 Å². The highest BCUT2D eigenvalue weighted by atomic mass is 16.5. The quantitative estimate of drug-likeness (QED) is 0.261. The van der Waals surface area contributed by atoms with Crippen LogP contribution in [0.4, 0.5) is 0 Å². The molecule has 110 valence electrons. The lowest BCUT2D eigenvalue weighted by molar-refractivity contribution is -0.124. The number of nitrogens with zero attached hydrogens (tertiary/aromatic N) is 2. The molecule has 0 radical (unpaired) electrons. The molecule has 0 saturated carbocycles. The van der Waals surface area contributed by atoms with E-state index >= 15 is 0 Å². The lowest BCUT2D eigenvalue weighted by atomic mass is 9.94. The van der Waals surface area contributed by atoms with E-state index in [1.54, 1.807) is 0 Å². The van der Waals surface area contributed by atoms with Crippen LogP contribution >= 0.6 is 0 Å². The summed E-state index contributed by atoms with van der Waals surface area (Å²) in [6, 6.07) is 0. The lowest BCUT2D eigenvalue weighted by Crippen LogP contribution is -2.45. The maximum absolute atomic E-state index is 12.0. The summed E-state index contributed by atoms with van der Waals surface area (Å²) >= 11 is 0. The molecule has 0 aliphatic carbocycles. The smallest absolute Gasteiger partial charge is 0.231 e. The molecule has 7 nitrogen and oxygen atoms in total. The molecule has 0 bridgehead atoms. The van der Waals surface area contributed by atoms with E-state index in [0.29, 0.717) is 6.54 Å². The number of ether oxygens (including phenoxy) is 1. The number of carbonyl (C=O) groups is 1. The molecule has 19 heavy (non-hydrogen) atoms. The Hall–Kier alpha value is -1.34. The second-order valence-electron chi connectivity index (χ2n) is 4.99. The minimum atomic E-state index is -0.588. The Morgan fingerprint density at radius 3 is 2.63 bits per heavy atom. The summed E-state index contributed by atoms with van der Waals surface area (Å²) in [6.07, 6.45) is 0. The van der Waals surface area contributed by atoms with Crippen molar-refractivity contribution in [3.05, 3.63) is 0 Å². The molecular weight excluding hydrogens is 248 g/mol. The van der Waals surface area contributed by atoms with Crippen LogP contribution in [-0.2, 0) is 9.53 Å². The first-order chi connectivity index (χ1) is 9.06. The number of nitrogens with two attached hydrogens (primary N) is 1. The van der Waals surface area contributed by atoms with Crippen LogP contribution in [0.15, 0.2) is 5.16 Å². The van der Waals surface area contributed by atoms with Crippen molar-refractivity contribution in [2.24, 2.45) is 22.7 Å². The second kappa shape index (κ2) is 7.96. The van der Waals surface area contributed by atoms with Gasteiger partial charge in [-0.3, -0.25) is 9.69 Å². The number of carbonyl (C=O) groups excluding carboxylic acids is 1. The van der Waals surface area contributed by atoms with Gasteiger partial charge in [0.05, 0.1) is 13.2 Å². The molecule has 1 saturated heterocycles. The Kier molecular flexibility index (Phi) is 6.58. The van der Waals surface area contributed by atoms with Gasteiger partial charge in [-0.2, -0.15) is 0 Å². The highest BCUT2D eigenvalue weighted by Crippen LogP contribution is 2.11. The molecule has 1 aliphatic rings. The highest BCUT2D eigenvalue weighted by Gasteiger charge is 2.26.